The molecule has 3 aromatic rings. The summed E-state index contributed by atoms with van der Waals surface area (Å²) >= 11 is 6.24. The number of benzene rings is 2. The molecular weight excluding hydrogens is 362 g/mol. The molecule has 5 rings (SSSR count). The molecule has 0 amide bonds. The van der Waals surface area contributed by atoms with Crippen LogP contribution in [0, 0.1) is 0 Å². The molecule has 134 valence electrons. The molecule has 0 fully saturated rings. The summed E-state index contributed by atoms with van der Waals surface area (Å²) in [4.78, 5) is 4.10. The predicted octanol–water partition coefficient (Wildman–Crippen LogP) is 4.68. The number of ether oxygens (including phenoxy) is 1. The summed E-state index contributed by atoms with van der Waals surface area (Å²) in [5.41, 5.74) is 3.54. The lowest BCUT2D eigenvalue weighted by Crippen LogP contribution is -2.33. The Morgan fingerprint density at radius 3 is 2.70 bits per heavy atom. The van der Waals surface area contributed by atoms with Gasteiger partial charge in [0.05, 0.1) is 11.8 Å². The molecule has 2 aliphatic heterocycles. The zero-order chi connectivity index (χ0) is 18.4. The summed E-state index contributed by atoms with van der Waals surface area (Å²) in [6.45, 7) is 0. The van der Waals surface area contributed by atoms with Crippen LogP contribution in [0.5, 0.6) is 11.5 Å². The maximum absolute atomic E-state index is 10.3. The largest absolute Gasteiger partial charge is 0.507 e. The van der Waals surface area contributed by atoms with E-state index in [0.717, 1.165) is 28.2 Å². The van der Waals surface area contributed by atoms with Crippen molar-refractivity contribution in [2.45, 2.75) is 18.7 Å². The molecule has 2 atom stereocenters. The first-order valence-electron chi connectivity index (χ1n) is 8.71. The molecule has 5 nitrogen and oxygen atoms in total. The van der Waals surface area contributed by atoms with Gasteiger partial charge in [-0.25, -0.2) is 5.01 Å². The number of hydrogen-bond acceptors (Lipinski definition) is 5. The fourth-order valence-electron chi connectivity index (χ4n) is 3.69. The molecule has 2 aliphatic rings. The van der Waals surface area contributed by atoms with Crippen molar-refractivity contribution in [1.82, 2.24) is 9.99 Å². The summed E-state index contributed by atoms with van der Waals surface area (Å²) in [6.07, 6.45) is 3.79. The fourth-order valence-corrected chi connectivity index (χ4v) is 3.87. The second-order valence-electron chi connectivity index (χ2n) is 6.60. The Bertz CT molecular complexity index is 1040. The Kier molecular flexibility index (Phi) is 3.76. The van der Waals surface area contributed by atoms with Gasteiger partial charge in [0.2, 0.25) is 6.23 Å². The van der Waals surface area contributed by atoms with Gasteiger partial charge in [0.25, 0.3) is 0 Å². The first kappa shape index (κ1) is 16.1. The first-order chi connectivity index (χ1) is 13.2. The molecule has 0 unspecified atom stereocenters. The number of pyridine rings is 1. The smallest absolute Gasteiger partial charge is 0.213 e. The second-order valence-corrected chi connectivity index (χ2v) is 7.03. The van der Waals surface area contributed by atoms with Crippen molar-refractivity contribution in [3.05, 3.63) is 88.7 Å². The summed E-state index contributed by atoms with van der Waals surface area (Å²) < 4.78 is 6.27. The van der Waals surface area contributed by atoms with E-state index < -0.39 is 0 Å². The van der Waals surface area contributed by atoms with E-state index in [-0.39, 0.29) is 18.0 Å². The molecule has 0 saturated heterocycles. The van der Waals surface area contributed by atoms with Crippen LogP contribution in [-0.4, -0.2) is 20.8 Å². The normalized spacial score (nSPS) is 20.5. The molecule has 2 aromatic carbocycles. The van der Waals surface area contributed by atoms with E-state index in [1.54, 1.807) is 24.5 Å². The molecule has 0 bridgehead atoms. The number of halogens is 1. The van der Waals surface area contributed by atoms with Gasteiger partial charge in [-0.2, -0.15) is 5.10 Å². The standard InChI is InChI=1S/C21H16ClN3O2/c22-14-5-6-20-16(11-14)18-12-17(15-3-1-2-4-19(15)26)24-25(18)21(27-20)13-7-9-23-10-8-13/h1-11,18,21,26H,12H2/t18-,21-/m0/s1. The van der Waals surface area contributed by atoms with Crippen molar-refractivity contribution >= 4 is 17.3 Å². The monoisotopic (exact) mass is 377 g/mol. The van der Waals surface area contributed by atoms with Gasteiger partial charge in [-0.15, -0.1) is 0 Å². The predicted molar refractivity (Wildman–Crippen MR) is 103 cm³/mol. The second kappa shape index (κ2) is 6.28. The lowest BCUT2D eigenvalue weighted by atomic mass is 9.95. The van der Waals surface area contributed by atoms with Crippen molar-refractivity contribution in [3.63, 3.8) is 0 Å². The maximum Gasteiger partial charge on any atom is 0.213 e. The highest BCUT2D eigenvalue weighted by Gasteiger charge is 2.41. The SMILES string of the molecule is Oc1ccccc1C1=NN2[C@@H](C1)c1cc(Cl)ccc1O[C@H]2c1ccncc1. The van der Waals surface area contributed by atoms with Crippen LogP contribution in [0.2, 0.25) is 5.02 Å². The lowest BCUT2D eigenvalue weighted by Gasteiger charge is -2.38. The third kappa shape index (κ3) is 2.71. The third-order valence-corrected chi connectivity index (χ3v) is 5.19. The van der Waals surface area contributed by atoms with Crippen molar-refractivity contribution < 1.29 is 9.84 Å². The van der Waals surface area contributed by atoms with Crippen LogP contribution >= 0.6 is 11.6 Å². The average Bonchev–Trinajstić information content (AvgIpc) is 3.14. The molecule has 0 spiro atoms. The van der Waals surface area contributed by atoms with Crippen LogP contribution in [0.25, 0.3) is 0 Å². The van der Waals surface area contributed by atoms with Gasteiger partial charge in [0.15, 0.2) is 0 Å². The minimum Gasteiger partial charge on any atom is -0.507 e. The van der Waals surface area contributed by atoms with Crippen LogP contribution in [0.1, 0.15) is 35.4 Å². The van der Waals surface area contributed by atoms with Crippen molar-refractivity contribution in [2.75, 3.05) is 0 Å². The quantitative estimate of drug-likeness (QED) is 0.704. The summed E-state index contributed by atoms with van der Waals surface area (Å²) in [5.74, 6) is 1.03. The fraction of sp³-hybridized carbons (Fsp3) is 0.143. The lowest BCUT2D eigenvalue weighted by molar-refractivity contribution is -0.0190. The van der Waals surface area contributed by atoms with Gasteiger partial charge < -0.3 is 9.84 Å². The van der Waals surface area contributed by atoms with E-state index in [1.807, 2.05) is 47.5 Å². The van der Waals surface area contributed by atoms with Gasteiger partial charge in [-0.3, -0.25) is 4.98 Å². The number of aromatic hydroxyl groups is 1. The van der Waals surface area contributed by atoms with Crippen LogP contribution in [0.4, 0.5) is 0 Å². The Labute approximate surface area is 161 Å². The third-order valence-electron chi connectivity index (χ3n) is 4.96. The zero-order valence-corrected chi connectivity index (χ0v) is 15.0. The Morgan fingerprint density at radius 2 is 1.89 bits per heavy atom. The topological polar surface area (TPSA) is 58.0 Å². The molecule has 0 aliphatic carbocycles. The number of hydrogen-bond donors (Lipinski definition) is 1. The van der Waals surface area contributed by atoms with Gasteiger partial charge in [0.1, 0.15) is 11.5 Å². The number of nitrogens with zero attached hydrogens (tertiary/aromatic N) is 3. The Morgan fingerprint density at radius 1 is 1.07 bits per heavy atom. The zero-order valence-electron chi connectivity index (χ0n) is 14.3. The van der Waals surface area contributed by atoms with Gasteiger partial charge in [-0.1, -0.05) is 23.7 Å². The number of para-hydroxylation sites is 1. The number of phenolic OH excluding ortho intramolecular Hbond substituents is 1. The molecule has 0 saturated carbocycles. The van der Waals surface area contributed by atoms with Crippen LogP contribution in [-0.2, 0) is 0 Å². The van der Waals surface area contributed by atoms with Crippen LogP contribution in [0.3, 0.4) is 0 Å². The van der Waals surface area contributed by atoms with Gasteiger partial charge in [0, 0.05) is 40.5 Å². The van der Waals surface area contributed by atoms with E-state index in [1.165, 1.54) is 0 Å². The molecule has 6 heteroatoms. The minimum atomic E-state index is -0.366. The Balaban J connectivity index is 1.63. The van der Waals surface area contributed by atoms with E-state index in [9.17, 15) is 5.11 Å². The van der Waals surface area contributed by atoms with E-state index in [0.29, 0.717) is 11.4 Å². The number of phenols is 1. The Hall–Kier alpha value is -3.05. The molecule has 1 N–H and O–H groups in total. The number of hydrazone groups is 1. The number of fused-ring (bicyclic) bond motifs is 3. The molecular formula is C21H16ClN3O2. The highest BCUT2D eigenvalue weighted by atomic mass is 35.5. The summed E-state index contributed by atoms with van der Waals surface area (Å²) in [6, 6.07) is 16.8. The highest BCUT2D eigenvalue weighted by molar-refractivity contribution is 6.30. The maximum atomic E-state index is 10.3. The summed E-state index contributed by atoms with van der Waals surface area (Å²) in [5, 5.41) is 17.7. The van der Waals surface area contributed by atoms with E-state index in [4.69, 9.17) is 21.4 Å². The summed E-state index contributed by atoms with van der Waals surface area (Å²) in [7, 11) is 0. The number of aromatic nitrogens is 1. The molecule has 0 radical (unpaired) electrons. The van der Waals surface area contributed by atoms with E-state index in [2.05, 4.69) is 4.98 Å². The molecule has 1 aromatic heterocycles. The van der Waals surface area contributed by atoms with E-state index >= 15 is 0 Å². The van der Waals surface area contributed by atoms with Crippen LogP contribution < -0.4 is 4.74 Å². The average molecular weight is 378 g/mol. The molecule has 27 heavy (non-hydrogen) atoms. The first-order valence-corrected chi connectivity index (χ1v) is 9.09. The van der Waals surface area contributed by atoms with Gasteiger partial charge >= 0.3 is 0 Å². The molecule has 3 heterocycles. The minimum absolute atomic E-state index is 0.0137. The van der Waals surface area contributed by atoms with Crippen LogP contribution in [0.15, 0.2) is 72.1 Å². The number of rotatable bonds is 2. The van der Waals surface area contributed by atoms with Crippen molar-refractivity contribution in [2.24, 2.45) is 5.10 Å². The van der Waals surface area contributed by atoms with Crippen molar-refractivity contribution in [1.29, 1.82) is 0 Å². The van der Waals surface area contributed by atoms with Gasteiger partial charge in [-0.05, 0) is 42.5 Å². The van der Waals surface area contributed by atoms with Crippen molar-refractivity contribution in [3.8, 4) is 11.5 Å². The highest BCUT2D eigenvalue weighted by Crippen LogP contribution is 2.48.